The molecule has 1 atom stereocenters. The summed E-state index contributed by atoms with van der Waals surface area (Å²) in [5.41, 5.74) is 7.26. The molecule has 0 aliphatic rings. The number of carbonyl (C=O) groups is 3. The molecule has 29 heavy (non-hydrogen) atoms. The van der Waals surface area contributed by atoms with Crippen molar-refractivity contribution in [2.45, 2.75) is 17.1 Å². The summed E-state index contributed by atoms with van der Waals surface area (Å²) >= 11 is 2.51. The molecule has 1 unspecified atom stereocenters. The molecule has 150 valence electrons. The predicted molar refractivity (Wildman–Crippen MR) is 112 cm³/mol. The zero-order valence-corrected chi connectivity index (χ0v) is 17.2. The lowest BCUT2D eigenvalue weighted by atomic mass is 10.2. The van der Waals surface area contributed by atoms with E-state index >= 15 is 0 Å². The minimum Gasteiger partial charge on any atom is -0.468 e. The molecule has 0 aliphatic carbocycles. The standard InChI is InChI=1S/C19H18N4O4S2/c1-10(18(26)27-2)29-15-6-4-3-5-12(15)17(25)23-19-22-14(9-28-19)11-7-13(16(20)24)21-8-11/h3-10,21H,1-2H3,(H2,20,24)(H,22,23,25). The van der Waals surface area contributed by atoms with Crippen molar-refractivity contribution in [1.29, 1.82) is 0 Å². The van der Waals surface area contributed by atoms with Crippen LogP contribution in [0.5, 0.6) is 0 Å². The third-order valence-corrected chi connectivity index (χ3v) is 5.85. The van der Waals surface area contributed by atoms with E-state index in [0.29, 0.717) is 26.8 Å². The number of H-pyrrole nitrogens is 1. The summed E-state index contributed by atoms with van der Waals surface area (Å²) in [4.78, 5) is 43.5. The SMILES string of the molecule is COC(=O)C(C)Sc1ccccc1C(=O)Nc1nc(-c2c[nH]c(C(N)=O)c2)cs1. The molecule has 0 spiro atoms. The van der Waals surface area contributed by atoms with E-state index in [0.717, 1.165) is 0 Å². The smallest absolute Gasteiger partial charge is 0.318 e. The van der Waals surface area contributed by atoms with Gasteiger partial charge in [0, 0.05) is 22.0 Å². The number of nitrogens with two attached hydrogens (primary N) is 1. The summed E-state index contributed by atoms with van der Waals surface area (Å²) in [7, 11) is 1.33. The number of methoxy groups -OCH3 is 1. The molecule has 0 fully saturated rings. The van der Waals surface area contributed by atoms with Crippen LogP contribution < -0.4 is 11.1 Å². The van der Waals surface area contributed by atoms with Gasteiger partial charge in [-0.05, 0) is 25.1 Å². The molecule has 1 aromatic carbocycles. The van der Waals surface area contributed by atoms with Crippen LogP contribution in [0.4, 0.5) is 5.13 Å². The number of anilines is 1. The van der Waals surface area contributed by atoms with Crippen LogP contribution in [0, 0.1) is 0 Å². The first-order valence-electron chi connectivity index (χ1n) is 8.48. The van der Waals surface area contributed by atoms with E-state index in [1.807, 2.05) is 0 Å². The topological polar surface area (TPSA) is 127 Å². The lowest BCUT2D eigenvalue weighted by molar-refractivity contribution is -0.139. The number of carbonyl (C=O) groups excluding carboxylic acids is 3. The Morgan fingerprint density at radius 1 is 1.31 bits per heavy atom. The van der Waals surface area contributed by atoms with Crippen molar-refractivity contribution in [2.24, 2.45) is 5.73 Å². The second-order valence-electron chi connectivity index (χ2n) is 5.94. The number of nitrogens with one attached hydrogen (secondary N) is 2. The van der Waals surface area contributed by atoms with Crippen molar-refractivity contribution in [3.8, 4) is 11.3 Å². The zero-order chi connectivity index (χ0) is 21.0. The normalized spacial score (nSPS) is 11.7. The summed E-state index contributed by atoms with van der Waals surface area (Å²) in [6.07, 6.45) is 1.63. The molecule has 4 N–H and O–H groups in total. The van der Waals surface area contributed by atoms with Gasteiger partial charge in [-0.1, -0.05) is 12.1 Å². The first kappa shape index (κ1) is 20.6. The molecule has 2 aromatic heterocycles. The summed E-state index contributed by atoms with van der Waals surface area (Å²) in [6, 6.07) is 8.61. The maximum Gasteiger partial charge on any atom is 0.318 e. The second-order valence-corrected chi connectivity index (χ2v) is 8.18. The number of primary amides is 1. The Balaban J connectivity index is 1.75. The fourth-order valence-corrected chi connectivity index (χ4v) is 4.21. The average molecular weight is 431 g/mol. The Morgan fingerprint density at radius 3 is 2.76 bits per heavy atom. The Morgan fingerprint density at radius 2 is 2.07 bits per heavy atom. The molecule has 10 heteroatoms. The fraction of sp³-hybridized carbons (Fsp3) is 0.158. The van der Waals surface area contributed by atoms with E-state index in [-0.39, 0.29) is 17.6 Å². The van der Waals surface area contributed by atoms with Gasteiger partial charge in [-0.2, -0.15) is 0 Å². The predicted octanol–water partition coefficient (Wildman–Crippen LogP) is 3.14. The van der Waals surface area contributed by atoms with E-state index in [1.165, 1.54) is 30.2 Å². The van der Waals surface area contributed by atoms with E-state index in [2.05, 4.69) is 15.3 Å². The van der Waals surface area contributed by atoms with Crippen LogP contribution in [-0.2, 0) is 9.53 Å². The molecule has 8 nitrogen and oxygen atoms in total. The number of esters is 1. The molecule has 2 amide bonds. The van der Waals surface area contributed by atoms with Crippen LogP contribution >= 0.6 is 23.1 Å². The number of thiazole rings is 1. The summed E-state index contributed by atoms with van der Waals surface area (Å²) in [5.74, 6) is -1.26. The molecular weight excluding hydrogens is 412 g/mol. The molecule has 3 aromatic rings. The number of benzene rings is 1. The van der Waals surface area contributed by atoms with Gasteiger partial charge in [0.15, 0.2) is 5.13 Å². The van der Waals surface area contributed by atoms with Gasteiger partial charge in [0.05, 0.1) is 18.4 Å². The number of ether oxygens (including phenoxy) is 1. The van der Waals surface area contributed by atoms with Gasteiger partial charge >= 0.3 is 5.97 Å². The number of hydrogen-bond acceptors (Lipinski definition) is 7. The molecule has 3 rings (SSSR count). The highest BCUT2D eigenvalue weighted by Crippen LogP contribution is 2.29. The van der Waals surface area contributed by atoms with Gasteiger partial charge in [0.25, 0.3) is 11.8 Å². The number of thioether (sulfide) groups is 1. The van der Waals surface area contributed by atoms with Crippen LogP contribution in [0.1, 0.15) is 27.8 Å². The lowest BCUT2D eigenvalue weighted by Gasteiger charge is -2.12. The highest BCUT2D eigenvalue weighted by Gasteiger charge is 2.20. The first-order chi connectivity index (χ1) is 13.9. The van der Waals surface area contributed by atoms with Gasteiger partial charge in [-0.25, -0.2) is 4.98 Å². The lowest BCUT2D eigenvalue weighted by Crippen LogP contribution is -2.17. The van der Waals surface area contributed by atoms with Crippen molar-refractivity contribution in [1.82, 2.24) is 9.97 Å². The number of hydrogen-bond donors (Lipinski definition) is 3. The minimum absolute atomic E-state index is 0.282. The summed E-state index contributed by atoms with van der Waals surface area (Å²) < 4.78 is 4.74. The number of nitrogens with zero attached hydrogens (tertiary/aromatic N) is 1. The number of rotatable bonds is 7. The quantitative estimate of drug-likeness (QED) is 0.390. The maximum absolute atomic E-state index is 12.8. The third-order valence-electron chi connectivity index (χ3n) is 3.94. The zero-order valence-electron chi connectivity index (χ0n) is 15.6. The average Bonchev–Trinajstić information content (AvgIpc) is 3.37. The largest absolute Gasteiger partial charge is 0.468 e. The minimum atomic E-state index is -0.560. The van der Waals surface area contributed by atoms with Gasteiger partial charge < -0.3 is 15.5 Å². The Kier molecular flexibility index (Phi) is 6.35. The molecular formula is C19H18N4O4S2. The van der Waals surface area contributed by atoms with Crippen molar-refractivity contribution in [3.05, 3.63) is 53.2 Å². The van der Waals surface area contributed by atoms with Crippen molar-refractivity contribution in [2.75, 3.05) is 12.4 Å². The first-order valence-corrected chi connectivity index (χ1v) is 10.2. The molecule has 0 saturated carbocycles. The van der Waals surface area contributed by atoms with Gasteiger partial charge in [0.2, 0.25) is 0 Å². The van der Waals surface area contributed by atoms with E-state index in [1.54, 1.807) is 48.8 Å². The Bertz CT molecular complexity index is 1060. The van der Waals surface area contributed by atoms with Crippen LogP contribution in [-0.4, -0.2) is 40.1 Å². The van der Waals surface area contributed by atoms with Crippen LogP contribution in [0.25, 0.3) is 11.3 Å². The Hall–Kier alpha value is -3.11. The molecule has 0 saturated heterocycles. The van der Waals surface area contributed by atoms with Crippen molar-refractivity contribution >= 4 is 46.0 Å². The Labute approximate surface area is 174 Å². The number of amides is 2. The van der Waals surface area contributed by atoms with Crippen LogP contribution in [0.15, 0.2) is 46.8 Å². The number of aromatic nitrogens is 2. The second kappa shape index (κ2) is 8.93. The third kappa shape index (κ3) is 4.84. The highest BCUT2D eigenvalue weighted by atomic mass is 32.2. The molecule has 0 radical (unpaired) electrons. The molecule has 0 bridgehead atoms. The van der Waals surface area contributed by atoms with E-state index < -0.39 is 11.2 Å². The fourth-order valence-electron chi connectivity index (χ4n) is 2.47. The van der Waals surface area contributed by atoms with Gasteiger partial charge in [-0.15, -0.1) is 23.1 Å². The molecule has 2 heterocycles. The van der Waals surface area contributed by atoms with E-state index in [4.69, 9.17) is 10.5 Å². The number of aromatic amines is 1. The van der Waals surface area contributed by atoms with Crippen LogP contribution in [0.2, 0.25) is 0 Å². The maximum atomic E-state index is 12.8. The van der Waals surface area contributed by atoms with Gasteiger partial charge in [-0.3, -0.25) is 19.7 Å². The summed E-state index contributed by atoms with van der Waals surface area (Å²) in [5, 5.41) is 4.50. The molecule has 0 aliphatic heterocycles. The van der Waals surface area contributed by atoms with Crippen LogP contribution in [0.3, 0.4) is 0 Å². The van der Waals surface area contributed by atoms with Crippen molar-refractivity contribution < 1.29 is 19.1 Å². The highest BCUT2D eigenvalue weighted by molar-refractivity contribution is 8.00. The van der Waals surface area contributed by atoms with Crippen molar-refractivity contribution in [3.63, 3.8) is 0 Å². The van der Waals surface area contributed by atoms with Gasteiger partial charge in [0.1, 0.15) is 10.9 Å². The monoisotopic (exact) mass is 430 g/mol. The van der Waals surface area contributed by atoms with E-state index in [9.17, 15) is 14.4 Å². The summed E-state index contributed by atoms with van der Waals surface area (Å²) in [6.45, 7) is 1.72.